The number of halogens is 4. The largest absolute Gasteiger partial charge is 0.424 e. The Bertz CT molecular complexity index is 1530. The SMILES string of the molecule is CC12CN(C(=O)c3ccn[nH]3)CCN1C(=O)c1cn3nc(-c4ccc(F)cc4)cc(C(F)(F)F)c3[n+]12. The molecule has 9 nitrogen and oxygen atoms in total. The second-order valence-electron chi connectivity index (χ2n) is 8.94. The summed E-state index contributed by atoms with van der Waals surface area (Å²) in [5.41, 5.74) is -2.08. The smallest absolute Gasteiger partial charge is 0.329 e. The molecule has 1 N–H and O–H groups in total. The van der Waals surface area contributed by atoms with Gasteiger partial charge in [-0.25, -0.2) is 4.39 Å². The third-order valence-corrected chi connectivity index (χ3v) is 6.73. The molecule has 0 spiro atoms. The molecule has 1 fully saturated rings. The summed E-state index contributed by atoms with van der Waals surface area (Å²) in [5, 5.41) is 10.7. The van der Waals surface area contributed by atoms with Crippen LogP contribution in [0.15, 0.2) is 48.8 Å². The first kappa shape index (κ1) is 22.2. The van der Waals surface area contributed by atoms with Crippen LogP contribution in [-0.4, -0.2) is 61.1 Å². The van der Waals surface area contributed by atoms with Gasteiger partial charge in [-0.15, -0.1) is 0 Å². The molecule has 2 aliphatic rings. The van der Waals surface area contributed by atoms with Gasteiger partial charge in [-0.3, -0.25) is 19.6 Å². The molecule has 0 saturated carbocycles. The van der Waals surface area contributed by atoms with Crippen molar-refractivity contribution < 1.29 is 31.7 Å². The summed E-state index contributed by atoms with van der Waals surface area (Å²) < 4.78 is 58.8. The van der Waals surface area contributed by atoms with Gasteiger partial charge in [0.05, 0.1) is 6.54 Å². The van der Waals surface area contributed by atoms with Crippen LogP contribution in [0.2, 0.25) is 0 Å². The average Bonchev–Trinajstić information content (AvgIpc) is 3.54. The lowest BCUT2D eigenvalue weighted by atomic mass is 10.1. The van der Waals surface area contributed by atoms with E-state index in [1.54, 1.807) is 6.92 Å². The highest BCUT2D eigenvalue weighted by Gasteiger charge is 2.58. The lowest BCUT2D eigenvalue weighted by Crippen LogP contribution is -2.69. The maximum atomic E-state index is 14.4. The van der Waals surface area contributed by atoms with Crippen LogP contribution < -0.4 is 4.57 Å². The lowest BCUT2D eigenvalue weighted by Gasteiger charge is -2.42. The first-order valence-electron chi connectivity index (χ1n) is 11.0. The molecule has 6 rings (SSSR count). The monoisotopic (exact) mass is 500 g/mol. The number of aromatic amines is 1. The molecule has 1 saturated heterocycles. The Morgan fingerprint density at radius 1 is 1.17 bits per heavy atom. The van der Waals surface area contributed by atoms with E-state index in [0.717, 1.165) is 22.7 Å². The molecule has 5 heterocycles. The third kappa shape index (κ3) is 3.11. The number of carbonyl (C=O) groups excluding carboxylic acids is 2. The molecular formula is C23H18F4N7O2+. The van der Waals surface area contributed by atoms with Crippen LogP contribution in [0, 0.1) is 5.82 Å². The first-order chi connectivity index (χ1) is 17.1. The zero-order valence-corrected chi connectivity index (χ0v) is 18.8. The van der Waals surface area contributed by atoms with Gasteiger partial charge in [0.25, 0.3) is 5.91 Å². The van der Waals surface area contributed by atoms with Gasteiger partial charge >= 0.3 is 17.7 Å². The molecule has 13 heteroatoms. The number of alkyl halides is 3. The number of imidazole rings is 1. The number of hydrogen-bond donors (Lipinski definition) is 1. The fourth-order valence-electron chi connectivity index (χ4n) is 5.08. The highest BCUT2D eigenvalue weighted by molar-refractivity contribution is 5.95. The van der Waals surface area contributed by atoms with Crippen molar-refractivity contribution in [3.8, 4) is 11.3 Å². The topological polar surface area (TPSA) is 90.5 Å². The summed E-state index contributed by atoms with van der Waals surface area (Å²) >= 11 is 0. The van der Waals surface area contributed by atoms with Gasteiger partial charge < -0.3 is 4.90 Å². The van der Waals surface area contributed by atoms with Crippen molar-refractivity contribution in [3.63, 3.8) is 0 Å². The summed E-state index contributed by atoms with van der Waals surface area (Å²) in [6.45, 7) is 1.95. The van der Waals surface area contributed by atoms with Crippen LogP contribution in [-0.2, 0) is 11.8 Å². The van der Waals surface area contributed by atoms with Gasteiger partial charge in [0.2, 0.25) is 11.4 Å². The van der Waals surface area contributed by atoms with Crippen molar-refractivity contribution in [2.45, 2.75) is 18.8 Å². The maximum Gasteiger partial charge on any atom is 0.424 e. The van der Waals surface area contributed by atoms with E-state index in [2.05, 4.69) is 15.3 Å². The predicted molar refractivity (Wildman–Crippen MR) is 115 cm³/mol. The van der Waals surface area contributed by atoms with E-state index in [9.17, 15) is 27.2 Å². The number of amides is 2. The quantitative estimate of drug-likeness (QED) is 0.338. The van der Waals surface area contributed by atoms with Gasteiger partial charge in [-0.05, 0) is 36.4 Å². The number of benzene rings is 1. The van der Waals surface area contributed by atoms with Gasteiger partial charge in [-0.1, -0.05) is 9.61 Å². The van der Waals surface area contributed by atoms with Crippen molar-refractivity contribution in [3.05, 3.63) is 71.6 Å². The third-order valence-electron chi connectivity index (χ3n) is 6.73. The number of H-pyrrole nitrogens is 1. The normalized spacial score (nSPS) is 19.6. The molecule has 3 aromatic heterocycles. The first-order valence-corrected chi connectivity index (χ1v) is 11.0. The molecule has 2 aliphatic heterocycles. The van der Waals surface area contributed by atoms with E-state index >= 15 is 0 Å². The van der Waals surface area contributed by atoms with Crippen molar-refractivity contribution in [2.75, 3.05) is 19.6 Å². The van der Waals surface area contributed by atoms with E-state index < -0.39 is 29.1 Å². The molecule has 4 aromatic rings. The van der Waals surface area contributed by atoms with E-state index in [1.165, 1.54) is 45.0 Å². The van der Waals surface area contributed by atoms with Crippen LogP contribution >= 0.6 is 0 Å². The van der Waals surface area contributed by atoms with E-state index in [-0.39, 0.29) is 53.8 Å². The summed E-state index contributed by atoms with van der Waals surface area (Å²) in [5.74, 6) is -1.35. The zero-order valence-electron chi connectivity index (χ0n) is 18.8. The predicted octanol–water partition coefficient (Wildman–Crippen LogP) is 2.45. The highest BCUT2D eigenvalue weighted by Crippen LogP contribution is 2.38. The van der Waals surface area contributed by atoms with Crippen molar-refractivity contribution in [1.82, 2.24) is 29.6 Å². The Morgan fingerprint density at radius 2 is 1.92 bits per heavy atom. The molecule has 1 unspecified atom stereocenters. The number of rotatable bonds is 2. The van der Waals surface area contributed by atoms with Gasteiger partial charge in [-0.2, -0.15) is 22.8 Å². The van der Waals surface area contributed by atoms with Crippen molar-refractivity contribution in [1.29, 1.82) is 0 Å². The number of nitrogens with zero attached hydrogens (tertiary/aromatic N) is 6. The Balaban J connectivity index is 1.53. The molecule has 184 valence electrons. The zero-order chi connectivity index (χ0) is 25.4. The van der Waals surface area contributed by atoms with Crippen LogP contribution in [0.5, 0.6) is 0 Å². The summed E-state index contributed by atoms with van der Waals surface area (Å²) in [4.78, 5) is 29.2. The minimum atomic E-state index is -4.79. The maximum absolute atomic E-state index is 14.4. The molecule has 1 aromatic carbocycles. The van der Waals surface area contributed by atoms with Gasteiger partial charge in [0.1, 0.15) is 22.8 Å². The second kappa shape index (κ2) is 7.35. The minimum absolute atomic E-state index is 0.0294. The fourth-order valence-corrected chi connectivity index (χ4v) is 5.08. The number of hydrogen-bond acceptors (Lipinski definition) is 4. The number of carbonyl (C=O) groups is 2. The Hall–Kier alpha value is -4.29. The van der Waals surface area contributed by atoms with Crippen LogP contribution in [0.4, 0.5) is 17.6 Å². The average molecular weight is 500 g/mol. The molecule has 36 heavy (non-hydrogen) atoms. The molecule has 0 aliphatic carbocycles. The second-order valence-corrected chi connectivity index (χ2v) is 8.94. The van der Waals surface area contributed by atoms with Crippen LogP contribution in [0.25, 0.3) is 16.9 Å². The van der Waals surface area contributed by atoms with Crippen LogP contribution in [0.1, 0.15) is 33.5 Å². The van der Waals surface area contributed by atoms with E-state index in [1.807, 2.05) is 0 Å². The molecular weight excluding hydrogens is 482 g/mol. The highest BCUT2D eigenvalue weighted by atomic mass is 19.4. The fraction of sp³-hybridized carbons (Fsp3) is 0.261. The summed E-state index contributed by atoms with van der Waals surface area (Å²) in [6, 6.07) is 7.34. The van der Waals surface area contributed by atoms with Gasteiger partial charge in [0, 0.05) is 31.8 Å². The number of fused-ring (bicyclic) bond motifs is 5. The summed E-state index contributed by atoms with van der Waals surface area (Å²) in [6.07, 6.45) is -2.09. The number of nitrogens with one attached hydrogen (secondary N) is 1. The number of piperazine rings is 1. The minimum Gasteiger partial charge on any atom is -0.329 e. The molecule has 0 bridgehead atoms. The van der Waals surface area contributed by atoms with Crippen LogP contribution in [0.3, 0.4) is 0 Å². The van der Waals surface area contributed by atoms with E-state index in [4.69, 9.17) is 0 Å². The van der Waals surface area contributed by atoms with Crippen molar-refractivity contribution >= 4 is 17.5 Å². The van der Waals surface area contributed by atoms with E-state index in [0.29, 0.717) is 0 Å². The number of aromatic nitrogens is 5. The van der Waals surface area contributed by atoms with Crippen molar-refractivity contribution in [2.24, 2.45) is 0 Å². The summed E-state index contributed by atoms with van der Waals surface area (Å²) in [7, 11) is 0. The van der Waals surface area contributed by atoms with Gasteiger partial charge in [0.15, 0.2) is 6.20 Å². The Kier molecular flexibility index (Phi) is 4.53. The lowest BCUT2D eigenvalue weighted by molar-refractivity contribution is -0.749. The Morgan fingerprint density at radius 3 is 2.58 bits per heavy atom. The molecule has 2 amide bonds. The molecule has 1 atom stereocenters. The molecule has 0 radical (unpaired) electrons. The standard InChI is InChI=1S/C23H17F4N7O2/c1-22-12-31(20(35)16-6-7-28-29-16)8-9-32(22)21(36)18-11-33-19(34(18)22)15(23(25,26)27)10-17(30-33)13-2-4-14(24)5-3-13/h2-7,10-11H,8-9,12H2,1H3/p+1. The Labute approximate surface area is 200 Å².